The Kier molecular flexibility index (Phi) is 6.41. The number of hydrogen-bond acceptors (Lipinski definition) is 7. The molecule has 0 radical (unpaired) electrons. The predicted octanol–water partition coefficient (Wildman–Crippen LogP) is 2.78. The third-order valence-corrected chi connectivity index (χ3v) is 5.94. The number of ether oxygens (including phenoxy) is 1. The fraction of sp³-hybridized carbons (Fsp3) is 0.526. The molecule has 27 heavy (non-hydrogen) atoms. The van der Waals surface area contributed by atoms with Crippen molar-refractivity contribution in [3.63, 3.8) is 0 Å². The number of pyridine rings is 1. The Bertz CT molecular complexity index is 834. The van der Waals surface area contributed by atoms with Crippen LogP contribution in [-0.2, 0) is 16.1 Å². The number of rotatable bonds is 6. The van der Waals surface area contributed by atoms with E-state index in [1.54, 1.807) is 0 Å². The topological polar surface area (TPSA) is 91.8 Å². The number of piperidine rings is 1. The molecular formula is C19H25N3O4S. The monoisotopic (exact) mass is 391 g/mol. The first-order valence-electron chi connectivity index (χ1n) is 9.16. The molecular weight excluding hydrogens is 366 g/mol. The molecule has 0 bridgehead atoms. The summed E-state index contributed by atoms with van der Waals surface area (Å²) in [4.78, 5) is 31.8. The number of aromatic nitrogens is 1. The average Bonchev–Trinajstić information content (AvgIpc) is 3.00. The van der Waals surface area contributed by atoms with Gasteiger partial charge < -0.3 is 15.2 Å². The van der Waals surface area contributed by atoms with Crippen molar-refractivity contribution >= 4 is 39.1 Å². The average molecular weight is 391 g/mol. The van der Waals surface area contributed by atoms with E-state index >= 15 is 0 Å². The number of nitrogens with zero attached hydrogens (tertiary/aromatic N) is 2. The van der Waals surface area contributed by atoms with Gasteiger partial charge in [0.05, 0.1) is 18.5 Å². The third kappa shape index (κ3) is 4.45. The molecule has 1 unspecified atom stereocenters. The fourth-order valence-corrected chi connectivity index (χ4v) is 4.66. The van der Waals surface area contributed by atoms with Gasteiger partial charge in [0.25, 0.3) is 0 Å². The lowest BCUT2D eigenvalue weighted by Crippen LogP contribution is -2.39. The first-order chi connectivity index (χ1) is 13.0. The summed E-state index contributed by atoms with van der Waals surface area (Å²) < 4.78 is 4.84. The highest BCUT2D eigenvalue weighted by atomic mass is 32.1. The van der Waals surface area contributed by atoms with Crippen LogP contribution in [0.15, 0.2) is 12.1 Å². The van der Waals surface area contributed by atoms with E-state index in [0.717, 1.165) is 36.9 Å². The van der Waals surface area contributed by atoms with Crippen molar-refractivity contribution in [2.75, 3.05) is 25.6 Å². The van der Waals surface area contributed by atoms with Crippen molar-refractivity contribution < 1.29 is 19.4 Å². The van der Waals surface area contributed by atoms with Crippen LogP contribution in [0.3, 0.4) is 0 Å². The second-order valence-corrected chi connectivity index (χ2v) is 7.77. The summed E-state index contributed by atoms with van der Waals surface area (Å²) in [5, 5.41) is 12.8. The smallest absolute Gasteiger partial charge is 0.350 e. The molecule has 1 aliphatic heterocycles. The molecule has 1 amide bonds. The van der Waals surface area contributed by atoms with Crippen molar-refractivity contribution in [3.8, 4) is 0 Å². The van der Waals surface area contributed by atoms with Gasteiger partial charge >= 0.3 is 5.97 Å². The molecule has 7 nitrogen and oxygen atoms in total. The zero-order chi connectivity index (χ0) is 19.4. The summed E-state index contributed by atoms with van der Waals surface area (Å²) in [6.45, 7) is 3.31. The van der Waals surface area contributed by atoms with Crippen LogP contribution in [0.4, 0.5) is 5.69 Å². The second-order valence-electron chi connectivity index (χ2n) is 6.77. The molecule has 3 rings (SSSR count). The molecule has 2 aromatic rings. The van der Waals surface area contributed by atoms with Crippen LogP contribution in [0.1, 0.15) is 48.0 Å². The lowest BCUT2D eigenvalue weighted by Gasteiger charge is -2.35. The molecule has 8 heteroatoms. The van der Waals surface area contributed by atoms with Crippen LogP contribution in [0.25, 0.3) is 10.2 Å². The number of methoxy groups -OCH3 is 1. The van der Waals surface area contributed by atoms with Crippen molar-refractivity contribution in [1.29, 1.82) is 0 Å². The van der Waals surface area contributed by atoms with Crippen LogP contribution in [0.5, 0.6) is 0 Å². The summed E-state index contributed by atoms with van der Waals surface area (Å²) in [6.07, 6.45) is 4.23. The minimum Gasteiger partial charge on any atom is -0.465 e. The number of hydrogen-bond donors (Lipinski definition) is 2. The van der Waals surface area contributed by atoms with E-state index in [9.17, 15) is 14.7 Å². The second kappa shape index (κ2) is 8.77. The number of aliphatic hydroxyl groups excluding tert-OH is 1. The summed E-state index contributed by atoms with van der Waals surface area (Å²) in [7, 11) is 1.32. The molecule has 0 saturated carbocycles. The van der Waals surface area contributed by atoms with E-state index in [-0.39, 0.29) is 12.5 Å². The molecule has 2 aromatic heterocycles. The van der Waals surface area contributed by atoms with Gasteiger partial charge in [-0.1, -0.05) is 6.42 Å². The van der Waals surface area contributed by atoms with Gasteiger partial charge in [0.2, 0.25) is 5.91 Å². The number of likely N-dealkylation sites (tertiary alicyclic amines) is 1. The molecule has 1 saturated heterocycles. The van der Waals surface area contributed by atoms with Crippen molar-refractivity contribution in [2.24, 2.45) is 0 Å². The zero-order valence-electron chi connectivity index (χ0n) is 15.7. The normalized spacial score (nSPS) is 17.8. The molecule has 1 aliphatic rings. The van der Waals surface area contributed by atoms with E-state index in [1.165, 1.54) is 31.8 Å². The largest absolute Gasteiger partial charge is 0.465 e. The van der Waals surface area contributed by atoms with Gasteiger partial charge in [0.1, 0.15) is 9.71 Å². The Labute approximate surface area is 162 Å². The molecule has 0 aromatic carbocycles. The summed E-state index contributed by atoms with van der Waals surface area (Å²) >= 11 is 1.23. The third-order valence-electron chi connectivity index (χ3n) is 4.86. The van der Waals surface area contributed by atoms with E-state index in [1.807, 2.05) is 12.1 Å². The van der Waals surface area contributed by atoms with Gasteiger partial charge in [0.15, 0.2) is 0 Å². The quantitative estimate of drug-likeness (QED) is 0.736. The molecule has 2 N–H and O–H groups in total. The molecule has 1 fully saturated rings. The summed E-state index contributed by atoms with van der Waals surface area (Å²) in [5.74, 6) is -0.730. The van der Waals surface area contributed by atoms with Crippen molar-refractivity contribution in [3.05, 3.63) is 22.7 Å². The van der Waals surface area contributed by atoms with Crippen LogP contribution in [0, 0.1) is 0 Å². The summed E-state index contributed by atoms with van der Waals surface area (Å²) in [5.41, 5.74) is 1.38. The van der Waals surface area contributed by atoms with Gasteiger partial charge in [0, 0.05) is 31.5 Å². The van der Waals surface area contributed by atoms with Gasteiger partial charge in [-0.25, -0.2) is 9.78 Å². The minimum atomic E-state index is -0.484. The Morgan fingerprint density at radius 1 is 1.41 bits per heavy atom. The molecule has 146 valence electrons. The van der Waals surface area contributed by atoms with E-state index < -0.39 is 5.97 Å². The van der Waals surface area contributed by atoms with Gasteiger partial charge in [-0.15, -0.1) is 11.3 Å². The van der Waals surface area contributed by atoms with Gasteiger partial charge in [-0.3, -0.25) is 9.69 Å². The maximum atomic E-state index is 12.1. The Morgan fingerprint density at radius 3 is 2.93 bits per heavy atom. The van der Waals surface area contributed by atoms with E-state index in [2.05, 4.69) is 10.2 Å². The highest BCUT2D eigenvalue weighted by Gasteiger charge is 2.24. The van der Waals surface area contributed by atoms with Gasteiger partial charge in [-0.2, -0.15) is 0 Å². The SMILES string of the molecule is COC(=O)c1sc2nc(CN3CCCCC3CCO)ccc2c1NC(C)=O. The van der Waals surface area contributed by atoms with Crippen LogP contribution < -0.4 is 5.32 Å². The Balaban J connectivity index is 1.90. The Morgan fingerprint density at radius 2 is 2.22 bits per heavy atom. The molecule has 0 aliphatic carbocycles. The lowest BCUT2D eigenvalue weighted by molar-refractivity contribution is -0.114. The predicted molar refractivity (Wildman–Crippen MR) is 105 cm³/mol. The van der Waals surface area contributed by atoms with Crippen molar-refractivity contribution in [1.82, 2.24) is 9.88 Å². The molecule has 1 atom stereocenters. The van der Waals surface area contributed by atoms with Crippen LogP contribution >= 0.6 is 11.3 Å². The number of aliphatic hydroxyl groups is 1. The maximum Gasteiger partial charge on any atom is 0.350 e. The van der Waals surface area contributed by atoms with E-state index in [0.29, 0.717) is 28.0 Å². The van der Waals surface area contributed by atoms with Crippen molar-refractivity contribution in [2.45, 2.75) is 45.2 Å². The minimum absolute atomic E-state index is 0.196. The number of carbonyl (C=O) groups excluding carboxylic acids is 2. The highest BCUT2D eigenvalue weighted by Crippen LogP contribution is 2.35. The number of fused-ring (bicyclic) bond motifs is 1. The number of esters is 1. The maximum absolute atomic E-state index is 12.1. The Hall–Kier alpha value is -2.03. The number of thiophene rings is 1. The number of carbonyl (C=O) groups is 2. The molecule has 0 spiro atoms. The summed E-state index contributed by atoms with van der Waals surface area (Å²) in [6, 6.07) is 4.22. The van der Waals surface area contributed by atoms with E-state index in [4.69, 9.17) is 9.72 Å². The number of nitrogens with one attached hydrogen (secondary N) is 1. The van der Waals surface area contributed by atoms with Crippen LogP contribution in [0.2, 0.25) is 0 Å². The zero-order valence-corrected chi connectivity index (χ0v) is 16.5. The van der Waals surface area contributed by atoms with Crippen LogP contribution in [-0.4, -0.2) is 53.2 Å². The number of amides is 1. The number of anilines is 1. The fourth-order valence-electron chi connectivity index (χ4n) is 3.59. The highest BCUT2D eigenvalue weighted by molar-refractivity contribution is 7.21. The standard InChI is InChI=1S/C19H25N3O4S/c1-12(24)20-16-15-7-6-13(21-18(15)27-17(16)19(25)26-2)11-22-9-4-3-5-14(22)8-10-23/h6-7,14,23H,3-5,8-11H2,1-2H3,(H,20,24). The first kappa shape index (κ1) is 19.7. The molecule has 3 heterocycles. The lowest BCUT2D eigenvalue weighted by atomic mass is 9.99. The first-order valence-corrected chi connectivity index (χ1v) is 9.98. The van der Waals surface area contributed by atoms with Gasteiger partial charge in [-0.05, 0) is 37.9 Å².